The van der Waals surface area contributed by atoms with Crippen LogP contribution in [0.1, 0.15) is 26.2 Å². The SMILES string of the molecule is CCCCC1(COCC2CO2)CO1. The van der Waals surface area contributed by atoms with E-state index in [-0.39, 0.29) is 5.60 Å². The summed E-state index contributed by atoms with van der Waals surface area (Å²) < 4.78 is 16.0. The lowest BCUT2D eigenvalue weighted by atomic mass is 10.0. The average Bonchev–Trinajstić information content (AvgIpc) is 2.97. The summed E-state index contributed by atoms with van der Waals surface area (Å²) in [6.07, 6.45) is 4.00. The first-order valence-corrected chi connectivity index (χ1v) is 5.18. The molecule has 0 bridgehead atoms. The molecule has 0 aromatic rings. The van der Waals surface area contributed by atoms with Gasteiger partial charge in [-0.3, -0.25) is 0 Å². The fourth-order valence-corrected chi connectivity index (χ4v) is 1.44. The Kier molecular flexibility index (Phi) is 2.86. The number of hydrogen-bond acceptors (Lipinski definition) is 3. The fraction of sp³-hybridized carbons (Fsp3) is 1.00. The maximum Gasteiger partial charge on any atom is 0.115 e. The molecule has 3 heteroatoms. The van der Waals surface area contributed by atoms with E-state index in [9.17, 15) is 0 Å². The van der Waals surface area contributed by atoms with Crippen LogP contribution in [0.5, 0.6) is 0 Å². The highest BCUT2D eigenvalue weighted by molar-refractivity contribution is 4.91. The molecule has 0 aliphatic carbocycles. The lowest BCUT2D eigenvalue weighted by molar-refractivity contribution is 0.0640. The van der Waals surface area contributed by atoms with Crippen LogP contribution >= 0.6 is 0 Å². The van der Waals surface area contributed by atoms with Gasteiger partial charge in [-0.15, -0.1) is 0 Å². The zero-order valence-corrected chi connectivity index (χ0v) is 8.25. The van der Waals surface area contributed by atoms with Gasteiger partial charge in [-0.2, -0.15) is 0 Å². The highest BCUT2D eigenvalue weighted by Crippen LogP contribution is 2.33. The molecule has 0 amide bonds. The van der Waals surface area contributed by atoms with Crippen LogP contribution in [0.15, 0.2) is 0 Å². The van der Waals surface area contributed by atoms with E-state index in [1.807, 2.05) is 0 Å². The Morgan fingerprint density at radius 3 is 2.85 bits per heavy atom. The minimum absolute atomic E-state index is 0.0882. The van der Waals surface area contributed by atoms with Gasteiger partial charge in [-0.25, -0.2) is 0 Å². The maximum absolute atomic E-state index is 5.53. The first-order chi connectivity index (χ1) is 6.35. The third-order valence-electron chi connectivity index (χ3n) is 2.61. The molecular weight excluding hydrogens is 168 g/mol. The van der Waals surface area contributed by atoms with Gasteiger partial charge in [0, 0.05) is 0 Å². The minimum Gasteiger partial charge on any atom is -0.376 e. The standard InChI is InChI=1S/C10H18O3/c1-2-3-4-10(8-13-10)7-11-5-9-6-12-9/h9H,2-8H2,1H3. The van der Waals surface area contributed by atoms with Crippen molar-refractivity contribution in [3.8, 4) is 0 Å². The van der Waals surface area contributed by atoms with Crippen LogP contribution in [0.3, 0.4) is 0 Å². The molecule has 0 spiro atoms. The summed E-state index contributed by atoms with van der Waals surface area (Å²) in [5.74, 6) is 0. The molecule has 2 heterocycles. The Balaban J connectivity index is 1.56. The second kappa shape index (κ2) is 3.95. The number of rotatable bonds is 7. The Morgan fingerprint density at radius 2 is 2.31 bits per heavy atom. The predicted octanol–water partition coefficient (Wildman–Crippen LogP) is 1.36. The van der Waals surface area contributed by atoms with Crippen LogP contribution in [0.25, 0.3) is 0 Å². The largest absolute Gasteiger partial charge is 0.376 e. The maximum atomic E-state index is 5.53. The predicted molar refractivity (Wildman–Crippen MR) is 48.8 cm³/mol. The Hall–Kier alpha value is -0.120. The third kappa shape index (κ3) is 2.93. The summed E-state index contributed by atoms with van der Waals surface area (Å²) in [5.41, 5.74) is 0.0882. The van der Waals surface area contributed by atoms with E-state index in [4.69, 9.17) is 14.2 Å². The van der Waals surface area contributed by atoms with Crippen molar-refractivity contribution in [1.82, 2.24) is 0 Å². The first-order valence-electron chi connectivity index (χ1n) is 5.18. The number of hydrogen-bond donors (Lipinski definition) is 0. The summed E-state index contributed by atoms with van der Waals surface area (Å²) in [7, 11) is 0. The molecule has 2 atom stereocenters. The highest BCUT2D eigenvalue weighted by Gasteiger charge is 2.44. The van der Waals surface area contributed by atoms with Gasteiger partial charge in [0.1, 0.15) is 11.7 Å². The fourth-order valence-electron chi connectivity index (χ4n) is 1.44. The van der Waals surface area contributed by atoms with E-state index in [1.54, 1.807) is 0 Å². The smallest absolute Gasteiger partial charge is 0.115 e. The number of unbranched alkanes of at least 4 members (excludes halogenated alkanes) is 1. The molecule has 0 saturated carbocycles. The highest BCUT2D eigenvalue weighted by atomic mass is 16.6. The van der Waals surface area contributed by atoms with E-state index in [1.165, 1.54) is 12.8 Å². The number of epoxide rings is 2. The normalized spacial score (nSPS) is 36.2. The van der Waals surface area contributed by atoms with Crippen molar-refractivity contribution in [2.75, 3.05) is 26.4 Å². The van der Waals surface area contributed by atoms with Gasteiger partial charge in [0.15, 0.2) is 0 Å². The molecule has 2 saturated heterocycles. The van der Waals surface area contributed by atoms with Crippen LogP contribution in [-0.4, -0.2) is 38.1 Å². The first kappa shape index (κ1) is 9.44. The lowest BCUT2D eigenvalue weighted by Gasteiger charge is -2.10. The molecule has 0 radical (unpaired) electrons. The van der Waals surface area contributed by atoms with Crippen molar-refractivity contribution in [2.24, 2.45) is 0 Å². The summed E-state index contributed by atoms with van der Waals surface area (Å²) in [6.45, 7) is 5.47. The van der Waals surface area contributed by atoms with Crippen molar-refractivity contribution in [3.05, 3.63) is 0 Å². The van der Waals surface area contributed by atoms with Crippen LogP contribution in [0, 0.1) is 0 Å². The van der Waals surface area contributed by atoms with Gasteiger partial charge in [0.2, 0.25) is 0 Å². The average molecular weight is 186 g/mol. The zero-order valence-electron chi connectivity index (χ0n) is 8.25. The third-order valence-corrected chi connectivity index (χ3v) is 2.61. The summed E-state index contributed by atoms with van der Waals surface area (Å²) in [6, 6.07) is 0. The lowest BCUT2D eigenvalue weighted by Crippen LogP contribution is -2.20. The van der Waals surface area contributed by atoms with Crippen LogP contribution < -0.4 is 0 Å². The minimum atomic E-state index is 0.0882. The summed E-state index contributed by atoms with van der Waals surface area (Å²) >= 11 is 0. The van der Waals surface area contributed by atoms with Gasteiger partial charge in [0.25, 0.3) is 0 Å². The second-order valence-corrected chi connectivity index (χ2v) is 4.05. The van der Waals surface area contributed by atoms with Crippen molar-refractivity contribution in [2.45, 2.75) is 37.9 Å². The van der Waals surface area contributed by atoms with Crippen molar-refractivity contribution >= 4 is 0 Å². The second-order valence-electron chi connectivity index (χ2n) is 4.05. The Labute approximate surface area is 79.4 Å². The molecule has 3 nitrogen and oxygen atoms in total. The molecule has 2 aliphatic rings. The van der Waals surface area contributed by atoms with E-state index in [2.05, 4.69) is 6.92 Å². The van der Waals surface area contributed by atoms with Crippen LogP contribution in [0.4, 0.5) is 0 Å². The molecule has 2 fully saturated rings. The van der Waals surface area contributed by atoms with E-state index in [0.717, 1.165) is 32.8 Å². The molecule has 0 aromatic heterocycles. The quantitative estimate of drug-likeness (QED) is 0.563. The van der Waals surface area contributed by atoms with E-state index in [0.29, 0.717) is 6.10 Å². The van der Waals surface area contributed by atoms with Crippen molar-refractivity contribution < 1.29 is 14.2 Å². The number of ether oxygens (including phenoxy) is 3. The monoisotopic (exact) mass is 186 g/mol. The van der Waals surface area contributed by atoms with Gasteiger partial charge >= 0.3 is 0 Å². The molecule has 13 heavy (non-hydrogen) atoms. The van der Waals surface area contributed by atoms with Gasteiger partial charge in [-0.1, -0.05) is 19.8 Å². The Morgan fingerprint density at radius 1 is 1.54 bits per heavy atom. The van der Waals surface area contributed by atoms with Crippen molar-refractivity contribution in [1.29, 1.82) is 0 Å². The summed E-state index contributed by atoms with van der Waals surface area (Å²) in [5, 5.41) is 0. The molecule has 0 aromatic carbocycles. The molecule has 0 N–H and O–H groups in total. The van der Waals surface area contributed by atoms with Crippen molar-refractivity contribution in [3.63, 3.8) is 0 Å². The molecule has 2 rings (SSSR count). The van der Waals surface area contributed by atoms with Gasteiger partial charge in [-0.05, 0) is 6.42 Å². The zero-order chi connectivity index (χ0) is 9.15. The Bertz CT molecular complexity index is 162. The van der Waals surface area contributed by atoms with E-state index >= 15 is 0 Å². The molecule has 2 unspecified atom stereocenters. The topological polar surface area (TPSA) is 34.3 Å². The van der Waals surface area contributed by atoms with E-state index < -0.39 is 0 Å². The van der Waals surface area contributed by atoms with Crippen LogP contribution in [0.2, 0.25) is 0 Å². The van der Waals surface area contributed by atoms with Gasteiger partial charge < -0.3 is 14.2 Å². The molecule has 2 aliphatic heterocycles. The summed E-state index contributed by atoms with van der Waals surface area (Å²) in [4.78, 5) is 0. The van der Waals surface area contributed by atoms with Crippen LogP contribution in [-0.2, 0) is 14.2 Å². The van der Waals surface area contributed by atoms with Gasteiger partial charge in [0.05, 0.1) is 26.4 Å². The molecular formula is C10H18O3. The molecule has 76 valence electrons.